The summed E-state index contributed by atoms with van der Waals surface area (Å²) in [6.07, 6.45) is 6.28. The van der Waals surface area contributed by atoms with Gasteiger partial charge in [-0.15, -0.1) is 0 Å². The number of oxazole rings is 1. The average molecular weight is 372 g/mol. The first kappa shape index (κ1) is 20.2. The molecule has 5 nitrogen and oxygen atoms in total. The Balaban J connectivity index is 0.00000102. The van der Waals surface area contributed by atoms with Crippen molar-refractivity contribution in [1.82, 2.24) is 4.98 Å². The van der Waals surface area contributed by atoms with E-state index < -0.39 is 0 Å². The van der Waals surface area contributed by atoms with Crippen LogP contribution in [0.5, 0.6) is 0 Å². The molecule has 0 radical (unpaired) electrons. The molecule has 2 aliphatic rings. The lowest BCUT2D eigenvalue weighted by Crippen LogP contribution is -2.41. The minimum atomic E-state index is -0.374. The van der Waals surface area contributed by atoms with Crippen LogP contribution in [0.25, 0.3) is 11.1 Å². The van der Waals surface area contributed by atoms with Crippen molar-refractivity contribution in [3.63, 3.8) is 0 Å². The number of fused-ring (bicyclic) bond motifs is 1. The summed E-state index contributed by atoms with van der Waals surface area (Å²) >= 11 is 0. The first-order valence-corrected chi connectivity index (χ1v) is 10.4. The van der Waals surface area contributed by atoms with Gasteiger partial charge < -0.3 is 19.0 Å². The highest BCUT2D eigenvalue weighted by Gasteiger charge is 2.51. The van der Waals surface area contributed by atoms with E-state index in [9.17, 15) is 0 Å². The van der Waals surface area contributed by atoms with Crippen LogP contribution in [-0.2, 0) is 9.31 Å². The molecule has 148 valence electrons. The second-order valence-corrected chi connectivity index (χ2v) is 8.31. The first-order valence-electron chi connectivity index (χ1n) is 10.4. The molecule has 1 saturated heterocycles. The Morgan fingerprint density at radius 3 is 2.26 bits per heavy atom. The maximum absolute atomic E-state index is 6.13. The minimum Gasteiger partial charge on any atom is -0.424 e. The quantitative estimate of drug-likeness (QED) is 0.777. The van der Waals surface area contributed by atoms with Gasteiger partial charge in [0.25, 0.3) is 6.01 Å². The Hall–Kier alpha value is -1.53. The molecule has 6 heteroatoms. The number of aromatic nitrogens is 1. The monoisotopic (exact) mass is 372 g/mol. The smallest absolute Gasteiger partial charge is 0.424 e. The molecular weight excluding hydrogens is 339 g/mol. The first-order chi connectivity index (χ1) is 12.8. The summed E-state index contributed by atoms with van der Waals surface area (Å²) in [4.78, 5) is 4.62. The van der Waals surface area contributed by atoms with Gasteiger partial charge in [0.1, 0.15) is 5.52 Å². The summed E-state index contributed by atoms with van der Waals surface area (Å²) in [6, 6.07) is 7.05. The van der Waals surface area contributed by atoms with Gasteiger partial charge in [0.2, 0.25) is 0 Å². The second kappa shape index (κ2) is 7.84. The van der Waals surface area contributed by atoms with E-state index in [0.717, 1.165) is 16.6 Å². The predicted octanol–water partition coefficient (Wildman–Crippen LogP) is 4.90. The Bertz CT molecular complexity index is 750. The summed E-state index contributed by atoms with van der Waals surface area (Å²) in [5.74, 6) is 0. The van der Waals surface area contributed by atoms with Gasteiger partial charge in [-0.2, -0.15) is 4.98 Å². The van der Waals surface area contributed by atoms with E-state index >= 15 is 0 Å². The molecule has 1 aliphatic heterocycles. The number of benzene rings is 1. The SMILES string of the molecule is CC.CC1(C)OB(c2ccc3oc(NC4CCCCC4)nc3c2)OC1(C)C. The summed E-state index contributed by atoms with van der Waals surface area (Å²) in [7, 11) is -0.374. The minimum absolute atomic E-state index is 0.343. The molecule has 1 aromatic carbocycles. The number of anilines is 1. The zero-order valence-electron chi connectivity index (χ0n) is 17.6. The van der Waals surface area contributed by atoms with Gasteiger partial charge >= 0.3 is 7.12 Å². The summed E-state index contributed by atoms with van der Waals surface area (Å²) in [5.41, 5.74) is 1.92. The standard InChI is InChI=1S/C19H27BN2O3.C2H6/c1-18(2)19(3,4)25-20(24-18)13-10-11-16-15(12-13)22-17(23-16)21-14-8-6-5-7-9-14;1-2/h10-12,14H,5-9H2,1-4H3,(H,21,22);1-2H3. The lowest BCUT2D eigenvalue weighted by molar-refractivity contribution is 0.00578. The fraction of sp³-hybridized carbons (Fsp3) is 0.667. The van der Waals surface area contributed by atoms with E-state index in [1.165, 1.54) is 32.1 Å². The fourth-order valence-corrected chi connectivity index (χ4v) is 3.55. The van der Waals surface area contributed by atoms with Crippen molar-refractivity contribution in [2.24, 2.45) is 0 Å². The zero-order valence-corrected chi connectivity index (χ0v) is 17.6. The predicted molar refractivity (Wildman–Crippen MR) is 112 cm³/mol. The molecule has 2 aromatic rings. The van der Waals surface area contributed by atoms with E-state index in [0.29, 0.717) is 12.1 Å². The molecule has 0 bridgehead atoms. The third kappa shape index (κ3) is 4.17. The third-order valence-corrected chi connectivity index (χ3v) is 5.87. The zero-order chi connectivity index (χ0) is 19.7. The highest BCUT2D eigenvalue weighted by molar-refractivity contribution is 6.62. The van der Waals surface area contributed by atoms with E-state index in [4.69, 9.17) is 13.7 Å². The molecular formula is C21H33BN2O3. The van der Waals surface area contributed by atoms with Crippen LogP contribution in [0.2, 0.25) is 0 Å². The highest BCUT2D eigenvalue weighted by Crippen LogP contribution is 2.36. The number of hydrogen-bond donors (Lipinski definition) is 1. The highest BCUT2D eigenvalue weighted by atomic mass is 16.7. The third-order valence-electron chi connectivity index (χ3n) is 5.87. The summed E-state index contributed by atoms with van der Waals surface area (Å²) in [5, 5.41) is 3.45. The fourth-order valence-electron chi connectivity index (χ4n) is 3.55. The summed E-state index contributed by atoms with van der Waals surface area (Å²) < 4.78 is 18.1. The van der Waals surface area contributed by atoms with Gasteiger partial charge in [-0.3, -0.25) is 0 Å². The van der Waals surface area contributed by atoms with Gasteiger partial charge in [0.15, 0.2) is 5.58 Å². The van der Waals surface area contributed by atoms with Gasteiger partial charge in [-0.05, 0) is 58.1 Å². The maximum atomic E-state index is 6.13. The van der Waals surface area contributed by atoms with Gasteiger partial charge in [-0.25, -0.2) is 0 Å². The van der Waals surface area contributed by atoms with Crippen LogP contribution in [0, 0.1) is 0 Å². The van der Waals surface area contributed by atoms with Crippen LogP contribution in [0.15, 0.2) is 22.6 Å². The Labute approximate surface area is 163 Å². The topological polar surface area (TPSA) is 56.5 Å². The molecule has 2 fully saturated rings. The molecule has 1 N–H and O–H groups in total. The molecule has 0 atom stereocenters. The van der Waals surface area contributed by atoms with Crippen LogP contribution < -0.4 is 10.8 Å². The molecule has 4 rings (SSSR count). The maximum Gasteiger partial charge on any atom is 0.494 e. The van der Waals surface area contributed by atoms with Crippen LogP contribution in [0.4, 0.5) is 6.01 Å². The van der Waals surface area contributed by atoms with Crippen molar-refractivity contribution in [2.45, 2.75) is 90.9 Å². The van der Waals surface area contributed by atoms with E-state index in [1.54, 1.807) is 0 Å². The molecule has 27 heavy (non-hydrogen) atoms. The van der Waals surface area contributed by atoms with Gasteiger partial charge in [-0.1, -0.05) is 39.2 Å². The van der Waals surface area contributed by atoms with Crippen molar-refractivity contribution < 1.29 is 13.7 Å². The Morgan fingerprint density at radius 1 is 1.00 bits per heavy atom. The van der Waals surface area contributed by atoms with Gasteiger partial charge in [0, 0.05) is 6.04 Å². The molecule has 2 heterocycles. The van der Waals surface area contributed by atoms with Crippen LogP contribution >= 0.6 is 0 Å². The number of hydrogen-bond acceptors (Lipinski definition) is 5. The summed E-state index contributed by atoms with van der Waals surface area (Å²) in [6.45, 7) is 12.3. The van der Waals surface area contributed by atoms with Crippen LogP contribution in [-0.4, -0.2) is 29.3 Å². The number of nitrogens with zero attached hydrogens (tertiary/aromatic N) is 1. The van der Waals surface area contributed by atoms with Crippen molar-refractivity contribution >= 4 is 29.7 Å². The van der Waals surface area contributed by atoms with Crippen LogP contribution in [0.3, 0.4) is 0 Å². The van der Waals surface area contributed by atoms with Crippen molar-refractivity contribution in [3.8, 4) is 0 Å². The van der Waals surface area contributed by atoms with E-state index in [1.807, 2.05) is 32.0 Å². The molecule has 0 spiro atoms. The Kier molecular flexibility index (Phi) is 5.87. The van der Waals surface area contributed by atoms with E-state index in [-0.39, 0.29) is 18.3 Å². The van der Waals surface area contributed by atoms with Crippen molar-refractivity contribution in [3.05, 3.63) is 18.2 Å². The molecule has 1 saturated carbocycles. The number of nitrogens with one attached hydrogen (secondary N) is 1. The van der Waals surface area contributed by atoms with Crippen molar-refractivity contribution in [2.75, 3.05) is 5.32 Å². The molecule has 0 unspecified atom stereocenters. The molecule has 1 aliphatic carbocycles. The molecule has 0 amide bonds. The second-order valence-electron chi connectivity index (χ2n) is 8.31. The average Bonchev–Trinajstić information content (AvgIpc) is 3.13. The van der Waals surface area contributed by atoms with Crippen molar-refractivity contribution in [1.29, 1.82) is 0 Å². The Morgan fingerprint density at radius 2 is 1.63 bits per heavy atom. The lowest BCUT2D eigenvalue weighted by Gasteiger charge is -2.32. The largest absolute Gasteiger partial charge is 0.494 e. The normalized spacial score (nSPS) is 21.8. The van der Waals surface area contributed by atoms with Gasteiger partial charge in [0.05, 0.1) is 11.2 Å². The van der Waals surface area contributed by atoms with E-state index in [2.05, 4.69) is 38.0 Å². The van der Waals surface area contributed by atoms with Crippen LogP contribution in [0.1, 0.15) is 73.6 Å². The number of rotatable bonds is 3. The lowest BCUT2D eigenvalue weighted by atomic mass is 9.79. The molecule has 1 aromatic heterocycles.